The lowest BCUT2D eigenvalue weighted by Gasteiger charge is -2.35. The molecule has 2 rings (SSSR count). The van der Waals surface area contributed by atoms with Gasteiger partial charge in [-0.25, -0.2) is 4.99 Å². The molecule has 1 aliphatic rings. The van der Waals surface area contributed by atoms with Gasteiger partial charge in [-0.1, -0.05) is 20.4 Å². The maximum Gasteiger partial charge on any atom is 0.314 e. The van der Waals surface area contributed by atoms with Crippen molar-refractivity contribution < 1.29 is 10.0 Å². The van der Waals surface area contributed by atoms with E-state index in [9.17, 15) is 15.2 Å². The van der Waals surface area contributed by atoms with Crippen molar-refractivity contribution in [3.8, 4) is 5.75 Å². The van der Waals surface area contributed by atoms with E-state index in [0.717, 1.165) is 6.34 Å². The van der Waals surface area contributed by atoms with Crippen molar-refractivity contribution in [3.05, 3.63) is 51.2 Å². The van der Waals surface area contributed by atoms with Gasteiger partial charge in [-0.3, -0.25) is 10.1 Å². The van der Waals surface area contributed by atoms with Crippen LogP contribution in [0.5, 0.6) is 5.75 Å². The van der Waals surface area contributed by atoms with Gasteiger partial charge in [0.25, 0.3) is 0 Å². The fourth-order valence-electron chi connectivity index (χ4n) is 3.01. The predicted molar refractivity (Wildman–Crippen MR) is 85.2 cm³/mol. The highest BCUT2D eigenvalue weighted by molar-refractivity contribution is 5.83. The molecule has 1 aromatic rings. The minimum atomic E-state index is -0.587. The number of nitro groups is 1. The molecule has 0 amide bonds. The molecule has 0 bridgehead atoms. The van der Waals surface area contributed by atoms with Crippen LogP contribution in [0.15, 0.2) is 35.0 Å². The third-order valence-electron chi connectivity index (χ3n) is 3.76. The molecule has 0 radical (unpaired) electrons. The molecule has 1 aliphatic carbocycles. The summed E-state index contributed by atoms with van der Waals surface area (Å²) < 4.78 is 0. The van der Waals surface area contributed by atoms with Crippen molar-refractivity contribution in [2.24, 2.45) is 21.9 Å². The number of allylic oxidation sites excluding steroid dienone is 1. The molecule has 116 valence electrons. The number of rotatable bonds is 3. The Morgan fingerprint density at radius 2 is 2.18 bits per heavy atom. The number of hydrogen-bond acceptors (Lipinski definition) is 5. The Kier molecular flexibility index (Phi) is 3.66. The van der Waals surface area contributed by atoms with Crippen molar-refractivity contribution >= 4 is 17.7 Å². The normalized spacial score (nSPS) is 16.6. The minimum Gasteiger partial charge on any atom is -0.502 e. The standard InChI is InChI=1S/C15H18N4O3/c1-8(17)12-13(18-7-16)9-4-5-11(20)14(19(21)22)10(9)6-15(12,2)3/h4-5,7,20H,1,6,17H2,2-3H3,(H2,16,18). The molecule has 7 heteroatoms. The molecule has 0 spiro atoms. The van der Waals surface area contributed by atoms with Gasteiger partial charge in [0, 0.05) is 22.4 Å². The summed E-state index contributed by atoms with van der Waals surface area (Å²) in [5.74, 6) is -0.370. The molecular formula is C15H18N4O3. The van der Waals surface area contributed by atoms with Gasteiger partial charge in [-0.05, 0) is 24.0 Å². The lowest BCUT2D eigenvalue weighted by atomic mass is 9.70. The van der Waals surface area contributed by atoms with Crippen LogP contribution in [0, 0.1) is 15.5 Å². The Labute approximate surface area is 127 Å². The molecule has 22 heavy (non-hydrogen) atoms. The molecule has 0 aliphatic heterocycles. The fourth-order valence-corrected chi connectivity index (χ4v) is 3.01. The first-order valence-corrected chi connectivity index (χ1v) is 6.64. The summed E-state index contributed by atoms with van der Waals surface area (Å²) in [4.78, 5) is 14.9. The molecule has 0 fully saturated rings. The van der Waals surface area contributed by atoms with Crippen molar-refractivity contribution in [2.45, 2.75) is 20.3 Å². The molecule has 7 nitrogen and oxygen atoms in total. The molecule has 0 atom stereocenters. The number of benzene rings is 1. The first-order chi connectivity index (χ1) is 10.2. The lowest BCUT2D eigenvalue weighted by molar-refractivity contribution is -0.386. The van der Waals surface area contributed by atoms with E-state index < -0.39 is 10.3 Å². The number of fused-ring (bicyclic) bond motifs is 1. The van der Waals surface area contributed by atoms with E-state index in [1.54, 1.807) is 6.07 Å². The smallest absolute Gasteiger partial charge is 0.314 e. The van der Waals surface area contributed by atoms with E-state index >= 15 is 0 Å². The lowest BCUT2D eigenvalue weighted by Crippen LogP contribution is -2.28. The zero-order valence-electron chi connectivity index (χ0n) is 12.5. The van der Waals surface area contributed by atoms with Crippen LogP contribution in [0.4, 0.5) is 5.69 Å². The average Bonchev–Trinajstić information content (AvgIpc) is 2.36. The number of phenols is 1. The Hall–Kier alpha value is -2.83. The van der Waals surface area contributed by atoms with Gasteiger partial charge in [0.1, 0.15) is 0 Å². The molecule has 1 aromatic carbocycles. The molecule has 0 saturated carbocycles. The molecular weight excluding hydrogens is 284 g/mol. The summed E-state index contributed by atoms with van der Waals surface area (Å²) in [7, 11) is 0. The number of nitrogens with zero attached hydrogens (tertiary/aromatic N) is 2. The Morgan fingerprint density at radius 1 is 1.55 bits per heavy atom. The third kappa shape index (κ3) is 2.30. The summed E-state index contributed by atoms with van der Waals surface area (Å²) in [6, 6.07) is 2.86. The quantitative estimate of drug-likeness (QED) is 0.341. The van der Waals surface area contributed by atoms with E-state index in [-0.39, 0.29) is 11.4 Å². The average molecular weight is 302 g/mol. The number of phenolic OH excluding ortho intramolecular Hbond substituents is 1. The van der Waals surface area contributed by atoms with Gasteiger partial charge in [-0.2, -0.15) is 0 Å². The van der Waals surface area contributed by atoms with Crippen LogP contribution in [0.1, 0.15) is 25.0 Å². The second-order valence-electron chi connectivity index (χ2n) is 5.80. The summed E-state index contributed by atoms with van der Waals surface area (Å²) in [5, 5.41) is 21.1. The maximum atomic E-state index is 11.3. The van der Waals surface area contributed by atoms with E-state index in [2.05, 4.69) is 11.6 Å². The highest BCUT2D eigenvalue weighted by Gasteiger charge is 2.38. The first kappa shape index (κ1) is 15.6. The summed E-state index contributed by atoms with van der Waals surface area (Å²) in [6.45, 7) is 7.56. The topological polar surface area (TPSA) is 128 Å². The summed E-state index contributed by atoms with van der Waals surface area (Å²) in [6.07, 6.45) is 1.45. The zero-order chi connectivity index (χ0) is 16.7. The van der Waals surface area contributed by atoms with Crippen molar-refractivity contribution in [1.82, 2.24) is 0 Å². The van der Waals surface area contributed by atoms with Crippen LogP contribution in [0.2, 0.25) is 0 Å². The van der Waals surface area contributed by atoms with Crippen molar-refractivity contribution in [3.63, 3.8) is 0 Å². The second kappa shape index (κ2) is 5.18. The van der Waals surface area contributed by atoms with Crippen LogP contribution in [0.25, 0.3) is 5.70 Å². The van der Waals surface area contributed by atoms with Crippen LogP contribution in [-0.2, 0) is 6.42 Å². The SMILES string of the molecule is C=C(N)C1=C(N=CN)c2ccc(O)c([N+](=O)[O-])c2CC1(C)C. The largest absolute Gasteiger partial charge is 0.502 e. The monoisotopic (exact) mass is 302 g/mol. The molecule has 0 saturated heterocycles. The van der Waals surface area contributed by atoms with Crippen LogP contribution in [0.3, 0.4) is 0 Å². The Bertz CT molecular complexity index is 733. The van der Waals surface area contributed by atoms with Gasteiger partial charge in [-0.15, -0.1) is 0 Å². The van der Waals surface area contributed by atoms with Gasteiger partial charge in [0.15, 0.2) is 5.75 Å². The molecule has 0 aromatic heterocycles. The van der Waals surface area contributed by atoms with E-state index in [4.69, 9.17) is 11.5 Å². The number of nitro benzene ring substituents is 1. The van der Waals surface area contributed by atoms with Gasteiger partial charge < -0.3 is 16.6 Å². The van der Waals surface area contributed by atoms with Gasteiger partial charge in [0.05, 0.1) is 17.0 Å². The molecule has 5 N–H and O–H groups in total. The number of nitrogens with two attached hydrogens (primary N) is 2. The summed E-state index contributed by atoms with van der Waals surface area (Å²) >= 11 is 0. The highest BCUT2D eigenvalue weighted by Crippen LogP contribution is 2.49. The van der Waals surface area contributed by atoms with E-state index in [1.807, 2.05) is 13.8 Å². The minimum absolute atomic E-state index is 0.308. The number of aromatic hydroxyl groups is 1. The van der Waals surface area contributed by atoms with E-state index in [1.165, 1.54) is 6.07 Å². The zero-order valence-corrected chi connectivity index (χ0v) is 12.5. The van der Waals surface area contributed by atoms with E-state index in [0.29, 0.717) is 34.5 Å². The first-order valence-electron chi connectivity index (χ1n) is 6.64. The van der Waals surface area contributed by atoms with Crippen LogP contribution < -0.4 is 11.5 Å². The Balaban J connectivity index is 2.91. The highest BCUT2D eigenvalue weighted by atomic mass is 16.6. The van der Waals surface area contributed by atoms with Crippen LogP contribution in [-0.4, -0.2) is 16.4 Å². The number of hydrogen-bond donors (Lipinski definition) is 3. The third-order valence-corrected chi connectivity index (χ3v) is 3.76. The van der Waals surface area contributed by atoms with Crippen LogP contribution >= 0.6 is 0 Å². The van der Waals surface area contributed by atoms with Gasteiger partial charge in [0.2, 0.25) is 0 Å². The second-order valence-corrected chi connectivity index (χ2v) is 5.80. The molecule has 0 unspecified atom stereocenters. The number of aliphatic imine (C=N–C) groups is 1. The summed E-state index contributed by atoms with van der Waals surface area (Å²) in [5.41, 5.74) is 12.9. The van der Waals surface area contributed by atoms with Gasteiger partial charge >= 0.3 is 5.69 Å². The van der Waals surface area contributed by atoms with Crippen molar-refractivity contribution in [1.29, 1.82) is 0 Å². The maximum absolute atomic E-state index is 11.3. The Morgan fingerprint density at radius 3 is 2.68 bits per heavy atom. The predicted octanol–water partition coefficient (Wildman–Crippen LogP) is 2.05. The van der Waals surface area contributed by atoms with Crippen molar-refractivity contribution in [2.75, 3.05) is 0 Å². The molecule has 0 heterocycles. The fraction of sp³-hybridized carbons (Fsp3) is 0.267.